The van der Waals surface area contributed by atoms with Gasteiger partial charge in [0.15, 0.2) is 0 Å². The van der Waals surface area contributed by atoms with Crippen LogP contribution in [0.2, 0.25) is 0 Å². The van der Waals surface area contributed by atoms with Crippen LogP contribution in [0.15, 0.2) is 47.4 Å². The van der Waals surface area contributed by atoms with E-state index in [-0.39, 0.29) is 27.7 Å². The Morgan fingerprint density at radius 1 is 1.15 bits per heavy atom. The van der Waals surface area contributed by atoms with E-state index in [4.69, 9.17) is 0 Å². The molecule has 26 heavy (non-hydrogen) atoms. The Bertz CT molecular complexity index is 970. The minimum Gasteiger partial charge on any atom is -0.312 e. The molecule has 2 aromatic rings. The van der Waals surface area contributed by atoms with Gasteiger partial charge in [-0.05, 0) is 43.7 Å². The molecule has 0 spiro atoms. The molecule has 0 radical (unpaired) electrons. The largest absolute Gasteiger partial charge is 0.312 e. The molecule has 1 amide bonds. The summed E-state index contributed by atoms with van der Waals surface area (Å²) in [6, 6.07) is 10.2. The number of rotatable bonds is 5. The number of nitro benzene ring substituents is 1. The molecule has 1 aliphatic heterocycles. The number of amides is 1. The molecule has 0 bridgehead atoms. The van der Waals surface area contributed by atoms with Gasteiger partial charge < -0.3 is 4.90 Å². The van der Waals surface area contributed by atoms with Gasteiger partial charge in [0.1, 0.15) is 0 Å². The normalized spacial score (nSPS) is 14.5. The summed E-state index contributed by atoms with van der Waals surface area (Å²) in [5, 5.41) is 11.0. The lowest BCUT2D eigenvalue weighted by Crippen LogP contribution is -2.23. The topological polar surface area (TPSA) is 110 Å². The quantitative estimate of drug-likeness (QED) is 0.638. The molecule has 1 saturated heterocycles. The Morgan fingerprint density at radius 3 is 2.42 bits per heavy atom. The fraction of sp³-hybridized carbons (Fsp3) is 0.235. The maximum absolute atomic E-state index is 12.6. The first-order valence-electron chi connectivity index (χ1n) is 7.97. The lowest BCUT2D eigenvalue weighted by atomic mass is 10.2. The number of benzene rings is 2. The van der Waals surface area contributed by atoms with Crippen molar-refractivity contribution in [3.63, 3.8) is 0 Å². The molecule has 0 aromatic heterocycles. The van der Waals surface area contributed by atoms with Crippen LogP contribution in [0.5, 0.6) is 0 Å². The van der Waals surface area contributed by atoms with Crippen LogP contribution in [0, 0.1) is 17.0 Å². The lowest BCUT2D eigenvalue weighted by molar-refractivity contribution is -0.385. The van der Waals surface area contributed by atoms with E-state index < -0.39 is 14.9 Å². The summed E-state index contributed by atoms with van der Waals surface area (Å²) in [5.74, 6) is 0.0194. The zero-order valence-electron chi connectivity index (χ0n) is 14.0. The van der Waals surface area contributed by atoms with E-state index >= 15 is 0 Å². The van der Waals surface area contributed by atoms with Gasteiger partial charge in [-0.3, -0.25) is 19.6 Å². The average Bonchev–Trinajstić information content (AvgIpc) is 3.02. The number of anilines is 2. The van der Waals surface area contributed by atoms with Crippen molar-refractivity contribution in [2.24, 2.45) is 0 Å². The van der Waals surface area contributed by atoms with Gasteiger partial charge >= 0.3 is 0 Å². The molecule has 0 aliphatic carbocycles. The summed E-state index contributed by atoms with van der Waals surface area (Å²) >= 11 is 0. The molecule has 1 heterocycles. The third-order valence-electron chi connectivity index (χ3n) is 4.28. The summed E-state index contributed by atoms with van der Waals surface area (Å²) in [5.41, 5.74) is 0.879. The van der Waals surface area contributed by atoms with Crippen molar-refractivity contribution in [1.82, 2.24) is 0 Å². The second-order valence-corrected chi connectivity index (χ2v) is 7.64. The third kappa shape index (κ3) is 3.38. The van der Waals surface area contributed by atoms with Gasteiger partial charge in [0.05, 0.1) is 21.1 Å². The van der Waals surface area contributed by atoms with Gasteiger partial charge in [-0.2, -0.15) is 0 Å². The van der Waals surface area contributed by atoms with Crippen molar-refractivity contribution in [2.45, 2.75) is 24.7 Å². The van der Waals surface area contributed by atoms with Crippen molar-refractivity contribution in [1.29, 1.82) is 0 Å². The average molecular weight is 375 g/mol. The Kier molecular flexibility index (Phi) is 4.64. The molecule has 2 aromatic carbocycles. The first-order valence-corrected chi connectivity index (χ1v) is 9.45. The van der Waals surface area contributed by atoms with Crippen LogP contribution in [0.4, 0.5) is 17.1 Å². The van der Waals surface area contributed by atoms with Crippen molar-refractivity contribution >= 4 is 33.0 Å². The number of hydrogen-bond acceptors (Lipinski definition) is 5. The zero-order chi connectivity index (χ0) is 18.9. The number of carbonyl (C=O) groups is 1. The van der Waals surface area contributed by atoms with Crippen molar-refractivity contribution in [3.05, 3.63) is 58.1 Å². The Hall–Kier alpha value is -2.94. The highest BCUT2D eigenvalue weighted by Crippen LogP contribution is 2.28. The maximum Gasteiger partial charge on any atom is 0.274 e. The van der Waals surface area contributed by atoms with Crippen LogP contribution in [-0.4, -0.2) is 25.8 Å². The summed E-state index contributed by atoms with van der Waals surface area (Å²) < 4.78 is 27.5. The van der Waals surface area contributed by atoms with Crippen LogP contribution in [-0.2, 0) is 14.8 Å². The number of nitrogens with one attached hydrogen (secondary N) is 1. The second-order valence-electron chi connectivity index (χ2n) is 5.96. The molecular weight excluding hydrogens is 358 g/mol. The van der Waals surface area contributed by atoms with E-state index in [1.165, 1.54) is 37.3 Å². The van der Waals surface area contributed by atoms with Crippen molar-refractivity contribution in [3.8, 4) is 0 Å². The van der Waals surface area contributed by atoms with E-state index in [0.717, 1.165) is 6.42 Å². The number of sulfonamides is 1. The predicted octanol–water partition coefficient (Wildman–Crippen LogP) is 2.83. The molecule has 1 fully saturated rings. The molecule has 0 atom stereocenters. The van der Waals surface area contributed by atoms with Crippen LogP contribution >= 0.6 is 0 Å². The second kappa shape index (κ2) is 6.75. The summed E-state index contributed by atoms with van der Waals surface area (Å²) in [4.78, 5) is 23.8. The molecule has 3 rings (SSSR count). The number of nitrogens with zero attached hydrogens (tertiary/aromatic N) is 2. The summed E-state index contributed by atoms with van der Waals surface area (Å²) in [6.07, 6.45) is 1.28. The van der Waals surface area contributed by atoms with Gasteiger partial charge in [0, 0.05) is 24.7 Å². The van der Waals surface area contributed by atoms with Crippen LogP contribution < -0.4 is 9.62 Å². The summed E-state index contributed by atoms with van der Waals surface area (Å²) in [6.45, 7) is 2.11. The van der Waals surface area contributed by atoms with Crippen LogP contribution in [0.3, 0.4) is 0 Å². The maximum atomic E-state index is 12.6. The monoisotopic (exact) mass is 375 g/mol. The molecule has 1 aliphatic rings. The standard InChI is InChI=1S/C17H17N3O5S/c1-12-15(4-2-5-16(12)20(22)23)18-26(24,25)14-9-7-13(8-10-14)19-11-3-6-17(19)21/h2,4-5,7-10,18H,3,6,11H2,1H3. The van der Waals surface area contributed by atoms with E-state index in [0.29, 0.717) is 18.7 Å². The van der Waals surface area contributed by atoms with Gasteiger partial charge in [-0.15, -0.1) is 0 Å². The van der Waals surface area contributed by atoms with Gasteiger partial charge in [0.25, 0.3) is 15.7 Å². The van der Waals surface area contributed by atoms with Gasteiger partial charge in [-0.25, -0.2) is 8.42 Å². The minimum absolute atomic E-state index is 0.0128. The first-order chi connectivity index (χ1) is 12.3. The van der Waals surface area contributed by atoms with Crippen molar-refractivity contribution < 1.29 is 18.1 Å². The Morgan fingerprint density at radius 2 is 1.85 bits per heavy atom. The van der Waals surface area contributed by atoms with E-state index in [9.17, 15) is 23.3 Å². The fourth-order valence-corrected chi connectivity index (χ4v) is 3.98. The molecule has 9 heteroatoms. The SMILES string of the molecule is Cc1c(NS(=O)(=O)c2ccc(N3CCCC3=O)cc2)cccc1[N+](=O)[O-]. The molecule has 1 N–H and O–H groups in total. The smallest absolute Gasteiger partial charge is 0.274 e. The Labute approximate surface area is 150 Å². The minimum atomic E-state index is -3.91. The van der Waals surface area contributed by atoms with Crippen LogP contribution in [0.1, 0.15) is 18.4 Å². The van der Waals surface area contributed by atoms with Crippen LogP contribution in [0.25, 0.3) is 0 Å². The highest BCUT2D eigenvalue weighted by atomic mass is 32.2. The van der Waals surface area contributed by atoms with E-state index in [1.807, 2.05) is 0 Å². The van der Waals surface area contributed by atoms with Gasteiger partial charge in [0.2, 0.25) is 5.91 Å². The summed E-state index contributed by atoms with van der Waals surface area (Å²) in [7, 11) is -3.91. The molecular formula is C17H17N3O5S. The highest BCUT2D eigenvalue weighted by molar-refractivity contribution is 7.92. The fourth-order valence-electron chi connectivity index (χ4n) is 2.86. The first kappa shape index (κ1) is 17.9. The van der Waals surface area contributed by atoms with Crippen molar-refractivity contribution in [2.75, 3.05) is 16.2 Å². The lowest BCUT2D eigenvalue weighted by Gasteiger charge is -2.16. The van der Waals surface area contributed by atoms with Gasteiger partial charge in [-0.1, -0.05) is 6.07 Å². The third-order valence-corrected chi connectivity index (χ3v) is 5.66. The predicted molar refractivity (Wildman–Crippen MR) is 96.7 cm³/mol. The van der Waals surface area contributed by atoms with E-state index in [2.05, 4.69) is 4.72 Å². The molecule has 0 unspecified atom stereocenters. The van der Waals surface area contributed by atoms with E-state index in [1.54, 1.807) is 17.0 Å². The Balaban J connectivity index is 1.86. The number of nitro groups is 1. The molecule has 136 valence electrons. The highest BCUT2D eigenvalue weighted by Gasteiger charge is 2.23. The molecule has 8 nitrogen and oxygen atoms in total. The zero-order valence-corrected chi connectivity index (χ0v) is 14.8. The molecule has 0 saturated carbocycles. The number of hydrogen-bond donors (Lipinski definition) is 1. The number of carbonyl (C=O) groups excluding carboxylic acids is 1.